The Bertz CT molecular complexity index is 227. The molecule has 0 spiro atoms. The minimum absolute atomic E-state index is 0.00562. The molecule has 1 fully saturated rings. The number of rotatable bonds is 10. The second kappa shape index (κ2) is 11.1. The van der Waals surface area contributed by atoms with Crippen molar-refractivity contribution < 1.29 is 14.3 Å². The van der Waals surface area contributed by atoms with Gasteiger partial charge in [0.25, 0.3) is 0 Å². The molecular weight excluding hydrogens is 242 g/mol. The maximum Gasteiger partial charge on any atom is 0.508 e. The normalized spacial score (nSPS) is 18.5. The number of hydrogen-bond donors (Lipinski definition) is 1. The summed E-state index contributed by atoms with van der Waals surface area (Å²) in [6.07, 6.45) is 10.4. The van der Waals surface area contributed by atoms with E-state index in [0.717, 1.165) is 32.4 Å². The Labute approximate surface area is 117 Å². The molecule has 0 amide bonds. The van der Waals surface area contributed by atoms with E-state index in [1.807, 2.05) is 0 Å². The van der Waals surface area contributed by atoms with Gasteiger partial charge in [0.1, 0.15) is 6.10 Å². The maximum absolute atomic E-state index is 11.3. The van der Waals surface area contributed by atoms with E-state index in [1.165, 1.54) is 38.5 Å². The van der Waals surface area contributed by atoms with Crippen molar-refractivity contribution >= 4 is 6.16 Å². The average molecular weight is 271 g/mol. The van der Waals surface area contributed by atoms with Crippen LogP contribution < -0.4 is 5.32 Å². The first-order valence-electron chi connectivity index (χ1n) is 7.87. The van der Waals surface area contributed by atoms with E-state index in [4.69, 9.17) is 9.47 Å². The van der Waals surface area contributed by atoms with Crippen molar-refractivity contribution in [1.82, 2.24) is 5.32 Å². The largest absolute Gasteiger partial charge is 0.508 e. The fraction of sp³-hybridized carbons (Fsp3) is 0.933. The van der Waals surface area contributed by atoms with Gasteiger partial charge in [0.05, 0.1) is 6.61 Å². The summed E-state index contributed by atoms with van der Waals surface area (Å²) in [4.78, 5) is 11.3. The molecule has 4 nitrogen and oxygen atoms in total. The first kappa shape index (κ1) is 16.3. The molecule has 4 heteroatoms. The van der Waals surface area contributed by atoms with Crippen LogP contribution in [-0.4, -0.2) is 32.0 Å². The van der Waals surface area contributed by atoms with E-state index in [1.54, 1.807) is 0 Å². The zero-order valence-electron chi connectivity index (χ0n) is 12.3. The lowest BCUT2D eigenvalue weighted by Gasteiger charge is -2.10. The lowest BCUT2D eigenvalue weighted by atomic mass is 10.1. The van der Waals surface area contributed by atoms with Crippen LogP contribution in [0.4, 0.5) is 4.79 Å². The lowest BCUT2D eigenvalue weighted by Crippen LogP contribution is -2.21. The van der Waals surface area contributed by atoms with Crippen LogP contribution in [0.5, 0.6) is 0 Å². The van der Waals surface area contributed by atoms with Gasteiger partial charge in [-0.05, 0) is 19.4 Å². The van der Waals surface area contributed by atoms with Gasteiger partial charge in [-0.3, -0.25) is 0 Å². The molecule has 1 rings (SSSR count). The van der Waals surface area contributed by atoms with Crippen molar-refractivity contribution in [2.75, 3.05) is 19.7 Å². The predicted molar refractivity (Wildman–Crippen MR) is 76.3 cm³/mol. The molecule has 1 aliphatic heterocycles. The molecule has 0 radical (unpaired) electrons. The number of unbranched alkanes of at least 4 members (excludes halogenated alkanes) is 7. The van der Waals surface area contributed by atoms with Gasteiger partial charge in [-0.2, -0.15) is 0 Å². The van der Waals surface area contributed by atoms with Crippen LogP contribution in [0, 0.1) is 0 Å². The minimum atomic E-state index is -0.503. The molecule has 0 saturated carbocycles. The fourth-order valence-corrected chi connectivity index (χ4v) is 2.29. The smallest absolute Gasteiger partial charge is 0.434 e. The van der Waals surface area contributed by atoms with Crippen molar-refractivity contribution in [3.05, 3.63) is 0 Å². The van der Waals surface area contributed by atoms with Crippen LogP contribution >= 0.6 is 0 Å². The van der Waals surface area contributed by atoms with Gasteiger partial charge < -0.3 is 14.8 Å². The van der Waals surface area contributed by atoms with E-state index in [2.05, 4.69) is 12.2 Å². The zero-order chi connectivity index (χ0) is 13.8. The van der Waals surface area contributed by atoms with E-state index >= 15 is 0 Å². The lowest BCUT2D eigenvalue weighted by molar-refractivity contribution is 0.0287. The molecule has 0 aromatic rings. The molecule has 1 unspecified atom stereocenters. The highest BCUT2D eigenvalue weighted by atomic mass is 16.7. The Morgan fingerprint density at radius 1 is 1.11 bits per heavy atom. The van der Waals surface area contributed by atoms with Crippen LogP contribution in [-0.2, 0) is 9.47 Å². The monoisotopic (exact) mass is 271 g/mol. The third kappa shape index (κ3) is 8.87. The zero-order valence-corrected chi connectivity index (χ0v) is 12.3. The highest BCUT2D eigenvalue weighted by Crippen LogP contribution is 2.09. The van der Waals surface area contributed by atoms with E-state index in [0.29, 0.717) is 6.61 Å². The molecular formula is C15H29NO3. The molecule has 0 aliphatic carbocycles. The summed E-state index contributed by atoms with van der Waals surface area (Å²) in [5, 5.41) is 3.15. The van der Waals surface area contributed by atoms with Crippen LogP contribution in [0.3, 0.4) is 0 Å². The third-order valence-corrected chi connectivity index (χ3v) is 3.50. The average Bonchev–Trinajstić information content (AvgIpc) is 2.89. The van der Waals surface area contributed by atoms with Crippen LogP contribution in [0.1, 0.15) is 64.7 Å². The minimum Gasteiger partial charge on any atom is -0.434 e. The third-order valence-electron chi connectivity index (χ3n) is 3.50. The van der Waals surface area contributed by atoms with Crippen molar-refractivity contribution in [2.45, 2.75) is 70.8 Å². The topological polar surface area (TPSA) is 47.6 Å². The number of carbonyl (C=O) groups excluding carboxylic acids is 1. The van der Waals surface area contributed by atoms with Crippen molar-refractivity contribution in [3.8, 4) is 0 Å². The summed E-state index contributed by atoms with van der Waals surface area (Å²) in [6, 6.07) is 0. The van der Waals surface area contributed by atoms with Gasteiger partial charge in [0, 0.05) is 6.54 Å². The number of ether oxygens (including phenoxy) is 2. The summed E-state index contributed by atoms with van der Waals surface area (Å²) in [6.45, 7) is 4.41. The van der Waals surface area contributed by atoms with Crippen LogP contribution in [0.2, 0.25) is 0 Å². The number of nitrogens with one attached hydrogen (secondary N) is 1. The Balaban J connectivity index is 1.80. The first-order valence-corrected chi connectivity index (χ1v) is 7.87. The Morgan fingerprint density at radius 3 is 2.42 bits per heavy atom. The summed E-state index contributed by atoms with van der Waals surface area (Å²) in [7, 11) is 0. The SMILES string of the molecule is CCCCCCCCCCOC(=O)OC1CCNC1. The van der Waals surface area contributed by atoms with Crippen molar-refractivity contribution in [3.63, 3.8) is 0 Å². The summed E-state index contributed by atoms with van der Waals surface area (Å²) in [5.74, 6) is 0. The Morgan fingerprint density at radius 2 is 1.79 bits per heavy atom. The molecule has 0 aromatic carbocycles. The van der Waals surface area contributed by atoms with Crippen LogP contribution in [0.15, 0.2) is 0 Å². The van der Waals surface area contributed by atoms with Gasteiger partial charge in [0.15, 0.2) is 0 Å². The van der Waals surface area contributed by atoms with Gasteiger partial charge in [-0.1, -0.05) is 51.9 Å². The van der Waals surface area contributed by atoms with Crippen LogP contribution in [0.25, 0.3) is 0 Å². The molecule has 1 heterocycles. The molecule has 19 heavy (non-hydrogen) atoms. The maximum atomic E-state index is 11.3. The highest BCUT2D eigenvalue weighted by molar-refractivity contribution is 5.60. The predicted octanol–water partition coefficient (Wildman–Crippen LogP) is 3.64. The quantitative estimate of drug-likeness (QED) is 0.487. The van der Waals surface area contributed by atoms with Crippen molar-refractivity contribution in [1.29, 1.82) is 0 Å². The second-order valence-corrected chi connectivity index (χ2v) is 5.31. The summed E-state index contributed by atoms with van der Waals surface area (Å²) >= 11 is 0. The molecule has 1 saturated heterocycles. The molecule has 1 N–H and O–H groups in total. The molecule has 1 aliphatic rings. The van der Waals surface area contributed by atoms with Gasteiger partial charge >= 0.3 is 6.16 Å². The summed E-state index contributed by atoms with van der Waals surface area (Å²) < 4.78 is 10.2. The van der Waals surface area contributed by atoms with Gasteiger partial charge in [-0.15, -0.1) is 0 Å². The Hall–Kier alpha value is -0.770. The molecule has 0 aromatic heterocycles. The van der Waals surface area contributed by atoms with E-state index in [9.17, 15) is 4.79 Å². The van der Waals surface area contributed by atoms with Crippen molar-refractivity contribution in [2.24, 2.45) is 0 Å². The molecule has 1 atom stereocenters. The first-order chi connectivity index (χ1) is 9.33. The second-order valence-electron chi connectivity index (χ2n) is 5.31. The standard InChI is InChI=1S/C15H29NO3/c1-2-3-4-5-6-7-8-9-12-18-15(17)19-14-10-11-16-13-14/h14,16H,2-13H2,1H3. The Kier molecular flexibility index (Phi) is 9.51. The van der Waals surface area contributed by atoms with Gasteiger partial charge in [-0.25, -0.2) is 4.79 Å². The molecule has 0 bridgehead atoms. The van der Waals surface area contributed by atoms with E-state index < -0.39 is 6.16 Å². The fourth-order valence-electron chi connectivity index (χ4n) is 2.29. The van der Waals surface area contributed by atoms with Gasteiger partial charge in [0.2, 0.25) is 0 Å². The van der Waals surface area contributed by atoms with E-state index in [-0.39, 0.29) is 6.10 Å². The molecule has 112 valence electrons. The highest BCUT2D eigenvalue weighted by Gasteiger charge is 2.19. The number of hydrogen-bond acceptors (Lipinski definition) is 4. The number of carbonyl (C=O) groups is 1. The summed E-state index contributed by atoms with van der Waals surface area (Å²) in [5.41, 5.74) is 0.